The van der Waals surface area contributed by atoms with Gasteiger partial charge in [-0.15, -0.1) is 0 Å². The highest BCUT2D eigenvalue weighted by Crippen LogP contribution is 2.29. The molecule has 0 unspecified atom stereocenters. The van der Waals surface area contributed by atoms with Crippen molar-refractivity contribution in [2.75, 3.05) is 17.9 Å². The van der Waals surface area contributed by atoms with Crippen molar-refractivity contribution in [1.82, 2.24) is 10.3 Å². The number of carbonyl (C=O) groups is 1. The molecule has 8 heteroatoms. The molecule has 0 spiro atoms. The fraction of sp³-hybridized carbons (Fsp3) is 0.333. The van der Waals surface area contributed by atoms with Gasteiger partial charge in [-0.05, 0) is 75.3 Å². The molecule has 0 bridgehead atoms. The monoisotopic (exact) mass is 493 g/mol. The molecule has 4 rings (SSSR count). The molecule has 3 aromatic rings. The molecular weight excluding hydrogens is 462 g/mol. The van der Waals surface area contributed by atoms with Gasteiger partial charge in [0.1, 0.15) is 5.56 Å². The molecular formula is C27H31N3O4S. The number of amides is 1. The van der Waals surface area contributed by atoms with E-state index in [1.165, 1.54) is 48.1 Å². The number of benzene rings is 2. The Morgan fingerprint density at radius 1 is 1.11 bits per heavy atom. The largest absolute Gasteiger partial charge is 0.360 e. The zero-order chi connectivity index (χ0) is 25.2. The van der Waals surface area contributed by atoms with Crippen LogP contribution in [0.1, 0.15) is 53.6 Å². The number of rotatable bonds is 7. The molecule has 0 aliphatic heterocycles. The number of anilines is 1. The number of hydrogen-bond acceptors (Lipinski definition) is 4. The molecule has 7 nitrogen and oxygen atoms in total. The van der Waals surface area contributed by atoms with E-state index >= 15 is 0 Å². The summed E-state index contributed by atoms with van der Waals surface area (Å²) in [4.78, 5) is 28.8. The zero-order valence-electron chi connectivity index (χ0n) is 20.3. The van der Waals surface area contributed by atoms with E-state index in [9.17, 15) is 18.0 Å². The molecule has 1 aliphatic rings. The Hall–Kier alpha value is -3.39. The zero-order valence-corrected chi connectivity index (χ0v) is 21.2. The first kappa shape index (κ1) is 24.7. The number of H-pyrrole nitrogens is 1. The van der Waals surface area contributed by atoms with Crippen molar-refractivity contribution in [2.45, 2.75) is 50.8 Å². The van der Waals surface area contributed by atoms with Crippen molar-refractivity contribution >= 4 is 32.5 Å². The first-order valence-electron chi connectivity index (χ1n) is 11.9. The summed E-state index contributed by atoms with van der Waals surface area (Å²) in [6, 6.07) is 9.96. The fourth-order valence-electron chi connectivity index (χ4n) is 4.67. The van der Waals surface area contributed by atoms with Crippen molar-refractivity contribution in [3.05, 3.63) is 81.2 Å². The minimum Gasteiger partial charge on any atom is -0.360 e. The van der Waals surface area contributed by atoms with Crippen molar-refractivity contribution < 1.29 is 13.2 Å². The average molecular weight is 494 g/mol. The number of aromatic amines is 1. The minimum absolute atomic E-state index is 0.0116. The number of allylic oxidation sites excluding steroid dienone is 1. The van der Waals surface area contributed by atoms with Crippen LogP contribution in [0.3, 0.4) is 0 Å². The average Bonchev–Trinajstić information content (AvgIpc) is 2.84. The lowest BCUT2D eigenvalue weighted by Crippen LogP contribution is -2.30. The lowest BCUT2D eigenvalue weighted by molar-refractivity contribution is 0.0953. The Labute approximate surface area is 205 Å². The highest BCUT2D eigenvalue weighted by atomic mass is 32.2. The van der Waals surface area contributed by atoms with Gasteiger partial charge >= 0.3 is 0 Å². The van der Waals surface area contributed by atoms with Gasteiger partial charge in [-0.3, -0.25) is 13.9 Å². The summed E-state index contributed by atoms with van der Waals surface area (Å²) in [5, 5.41) is 2.98. The molecule has 1 aromatic heterocycles. The second-order valence-electron chi connectivity index (χ2n) is 9.07. The summed E-state index contributed by atoms with van der Waals surface area (Å²) in [6.45, 7) is 4.17. The molecule has 184 valence electrons. The molecule has 0 fully saturated rings. The summed E-state index contributed by atoms with van der Waals surface area (Å²) < 4.78 is 28.1. The maximum absolute atomic E-state index is 13.4. The quantitative estimate of drug-likeness (QED) is 0.470. The van der Waals surface area contributed by atoms with Gasteiger partial charge in [0.15, 0.2) is 0 Å². The van der Waals surface area contributed by atoms with Gasteiger partial charge in [-0.2, -0.15) is 0 Å². The highest BCUT2D eigenvalue weighted by molar-refractivity contribution is 7.92. The van der Waals surface area contributed by atoms with E-state index in [0.29, 0.717) is 17.7 Å². The standard InChI is InChI=1S/C27H31N3O4S/c1-18-8-7-9-19(2)25(18)30(3)35(33,34)21-12-13-24-22(16-21)26(31)23(17-29-24)27(32)28-15-14-20-10-5-4-6-11-20/h7-10,12-13,16-17H,4-6,11,14-15H2,1-3H3,(H,28,32)(H,29,31). The van der Waals surface area contributed by atoms with E-state index in [1.807, 2.05) is 32.0 Å². The third kappa shape index (κ3) is 5.03. The second kappa shape index (κ2) is 10.1. The van der Waals surface area contributed by atoms with Gasteiger partial charge in [0, 0.05) is 30.7 Å². The lowest BCUT2D eigenvalue weighted by Gasteiger charge is -2.23. The second-order valence-corrected chi connectivity index (χ2v) is 11.0. The van der Waals surface area contributed by atoms with Crippen molar-refractivity contribution in [3.63, 3.8) is 0 Å². The van der Waals surface area contributed by atoms with Gasteiger partial charge in [-0.25, -0.2) is 8.42 Å². The third-order valence-electron chi connectivity index (χ3n) is 6.63. The predicted octanol–water partition coefficient (Wildman–Crippen LogP) is 4.59. The number of nitrogens with zero attached hydrogens (tertiary/aromatic N) is 1. The SMILES string of the molecule is Cc1cccc(C)c1N(C)S(=O)(=O)c1ccc2[nH]cc(C(=O)NCCC3=CCCCC3)c(=O)c2c1. The highest BCUT2D eigenvalue weighted by Gasteiger charge is 2.25. The number of pyridine rings is 1. The van der Waals surface area contributed by atoms with E-state index in [-0.39, 0.29) is 15.8 Å². The summed E-state index contributed by atoms with van der Waals surface area (Å²) in [7, 11) is -2.43. The van der Waals surface area contributed by atoms with Gasteiger partial charge in [-0.1, -0.05) is 29.8 Å². The van der Waals surface area contributed by atoms with Gasteiger partial charge in [0.05, 0.1) is 10.6 Å². The number of hydrogen-bond donors (Lipinski definition) is 2. The van der Waals surface area contributed by atoms with E-state index in [1.54, 1.807) is 6.07 Å². The molecule has 2 aromatic carbocycles. The maximum atomic E-state index is 13.4. The number of fused-ring (bicyclic) bond motifs is 1. The Bertz CT molecular complexity index is 1450. The van der Waals surface area contributed by atoms with E-state index in [4.69, 9.17) is 0 Å². The Kier molecular flexibility index (Phi) is 7.12. The van der Waals surface area contributed by atoms with E-state index in [0.717, 1.165) is 30.4 Å². The minimum atomic E-state index is -3.93. The summed E-state index contributed by atoms with van der Waals surface area (Å²) in [6.07, 6.45) is 8.91. The van der Waals surface area contributed by atoms with Crippen molar-refractivity contribution in [1.29, 1.82) is 0 Å². The first-order chi connectivity index (χ1) is 16.7. The molecule has 1 aliphatic carbocycles. The number of sulfonamides is 1. The van der Waals surface area contributed by atoms with Gasteiger partial charge < -0.3 is 10.3 Å². The summed E-state index contributed by atoms with van der Waals surface area (Å²) in [5.74, 6) is -0.467. The van der Waals surface area contributed by atoms with Crippen LogP contribution in [0.15, 0.2) is 63.9 Å². The number of para-hydroxylation sites is 1. The van der Waals surface area contributed by atoms with Crippen LogP contribution in [0.2, 0.25) is 0 Å². The lowest BCUT2D eigenvalue weighted by atomic mass is 9.97. The van der Waals surface area contributed by atoms with Crippen LogP contribution in [0.4, 0.5) is 5.69 Å². The molecule has 0 saturated heterocycles. The van der Waals surface area contributed by atoms with Crippen LogP contribution in [0.5, 0.6) is 0 Å². The molecule has 0 saturated carbocycles. The summed E-state index contributed by atoms with van der Waals surface area (Å²) in [5.41, 5.74) is 3.53. The molecule has 0 atom stereocenters. The fourth-order valence-corrected chi connectivity index (χ4v) is 6.02. The van der Waals surface area contributed by atoms with Crippen molar-refractivity contribution in [3.8, 4) is 0 Å². The van der Waals surface area contributed by atoms with Gasteiger partial charge in [0.25, 0.3) is 15.9 Å². The Balaban J connectivity index is 1.62. The van der Waals surface area contributed by atoms with Gasteiger partial charge in [0.2, 0.25) is 5.43 Å². The van der Waals surface area contributed by atoms with E-state index in [2.05, 4.69) is 16.4 Å². The van der Waals surface area contributed by atoms with Crippen LogP contribution < -0.4 is 15.1 Å². The number of aromatic nitrogens is 1. The van der Waals surface area contributed by atoms with Crippen LogP contribution in [-0.2, 0) is 10.0 Å². The molecule has 0 radical (unpaired) electrons. The third-order valence-corrected chi connectivity index (χ3v) is 8.38. The first-order valence-corrected chi connectivity index (χ1v) is 13.3. The topological polar surface area (TPSA) is 99.3 Å². The Morgan fingerprint density at radius 3 is 2.54 bits per heavy atom. The molecule has 2 N–H and O–H groups in total. The normalized spacial score (nSPS) is 14.0. The molecule has 1 amide bonds. The smallest absolute Gasteiger partial charge is 0.264 e. The maximum Gasteiger partial charge on any atom is 0.264 e. The number of aryl methyl sites for hydroxylation is 2. The Morgan fingerprint density at radius 2 is 1.86 bits per heavy atom. The van der Waals surface area contributed by atoms with Crippen LogP contribution in [0, 0.1) is 13.8 Å². The molecule has 1 heterocycles. The van der Waals surface area contributed by atoms with Crippen LogP contribution >= 0.6 is 0 Å². The van der Waals surface area contributed by atoms with E-state index < -0.39 is 21.4 Å². The van der Waals surface area contributed by atoms with Crippen LogP contribution in [0.25, 0.3) is 10.9 Å². The van der Waals surface area contributed by atoms with Crippen LogP contribution in [-0.4, -0.2) is 32.9 Å². The van der Waals surface area contributed by atoms with Crippen molar-refractivity contribution in [2.24, 2.45) is 0 Å². The predicted molar refractivity (Wildman–Crippen MR) is 140 cm³/mol. The summed E-state index contributed by atoms with van der Waals surface area (Å²) >= 11 is 0. The number of nitrogens with one attached hydrogen (secondary N) is 2. The molecule has 35 heavy (non-hydrogen) atoms. The number of carbonyl (C=O) groups excluding carboxylic acids is 1.